The van der Waals surface area contributed by atoms with Gasteiger partial charge in [0.05, 0.1) is 0 Å². The van der Waals surface area contributed by atoms with Crippen LogP contribution in [0.5, 0.6) is 0 Å². The van der Waals surface area contributed by atoms with Crippen LogP contribution in [0.25, 0.3) is 0 Å². The average molecular weight is 210 g/mol. The molecular weight excluding hydrogens is 184 g/mol. The van der Waals surface area contributed by atoms with Crippen LogP contribution in [-0.2, 0) is 0 Å². The molecule has 0 unspecified atom stereocenters. The van der Waals surface area contributed by atoms with Gasteiger partial charge >= 0.3 is 0 Å². The summed E-state index contributed by atoms with van der Waals surface area (Å²) in [6, 6.07) is 0. The average Bonchev–Trinajstić information content (AvgIpc) is 2.26. The van der Waals surface area contributed by atoms with Gasteiger partial charge in [0.2, 0.25) is 0 Å². The first-order valence-corrected chi connectivity index (χ1v) is 6.34. The van der Waals surface area contributed by atoms with E-state index in [9.17, 15) is 0 Å². The van der Waals surface area contributed by atoms with Gasteiger partial charge in [-0.1, -0.05) is 56.9 Å². The minimum atomic E-state index is 0.349. The summed E-state index contributed by atoms with van der Waals surface area (Å²) < 4.78 is 0. The van der Waals surface area contributed by atoms with Gasteiger partial charge in [-0.2, -0.15) is 0 Å². The van der Waals surface area contributed by atoms with Crippen LogP contribution < -0.4 is 0 Å². The molecule has 0 bridgehead atoms. The van der Waals surface area contributed by atoms with E-state index in [0.717, 1.165) is 6.42 Å². The Morgan fingerprint density at radius 3 is 2.07 bits per heavy atom. The van der Waals surface area contributed by atoms with E-state index in [-0.39, 0.29) is 0 Å². The molecule has 15 heavy (non-hydrogen) atoms. The molecule has 0 aliphatic rings. The molecule has 0 radical (unpaired) electrons. The highest BCUT2D eigenvalue weighted by molar-refractivity contribution is 5.02. The van der Waals surface area contributed by atoms with Crippen molar-refractivity contribution in [2.45, 2.75) is 58.3 Å². The van der Waals surface area contributed by atoms with Gasteiger partial charge in [0.25, 0.3) is 0 Å². The molecule has 0 aromatic heterocycles. The molecule has 0 spiro atoms. The molecule has 0 aromatic carbocycles. The lowest BCUT2D eigenvalue weighted by Crippen LogP contribution is -1.82. The summed E-state index contributed by atoms with van der Waals surface area (Å²) in [5.41, 5.74) is 0. The van der Waals surface area contributed by atoms with E-state index in [1.54, 1.807) is 0 Å². The molecule has 88 valence electrons. The zero-order chi connectivity index (χ0) is 11.2. The molecule has 0 atom stereocenters. The Labute approximate surface area is 94.9 Å². The third-order valence-electron chi connectivity index (χ3n) is 2.37. The normalized spacial score (nSPS) is 11.9. The van der Waals surface area contributed by atoms with Crippen molar-refractivity contribution < 1.29 is 5.11 Å². The van der Waals surface area contributed by atoms with Gasteiger partial charge < -0.3 is 5.11 Å². The van der Waals surface area contributed by atoms with E-state index in [0.29, 0.717) is 6.61 Å². The van der Waals surface area contributed by atoms with Gasteiger partial charge in [-0.3, -0.25) is 0 Å². The quantitative estimate of drug-likeness (QED) is 0.422. The zero-order valence-electron chi connectivity index (χ0n) is 10.1. The number of allylic oxidation sites excluding steroid dienone is 4. The molecule has 0 aliphatic carbocycles. The van der Waals surface area contributed by atoms with Crippen molar-refractivity contribution in [1.29, 1.82) is 0 Å². The first-order valence-electron chi connectivity index (χ1n) is 6.34. The lowest BCUT2D eigenvalue weighted by Gasteiger charge is -1.96. The van der Waals surface area contributed by atoms with Gasteiger partial charge in [0, 0.05) is 6.61 Å². The smallest absolute Gasteiger partial charge is 0.0431 e. The van der Waals surface area contributed by atoms with Crippen molar-refractivity contribution in [3.63, 3.8) is 0 Å². The van der Waals surface area contributed by atoms with E-state index in [2.05, 4.69) is 31.2 Å². The van der Waals surface area contributed by atoms with E-state index in [1.807, 2.05) is 0 Å². The Morgan fingerprint density at radius 1 is 0.800 bits per heavy atom. The third-order valence-corrected chi connectivity index (χ3v) is 2.37. The van der Waals surface area contributed by atoms with E-state index in [4.69, 9.17) is 5.11 Å². The summed E-state index contributed by atoms with van der Waals surface area (Å²) in [6.45, 7) is 2.54. The van der Waals surface area contributed by atoms with Crippen LogP contribution in [0, 0.1) is 0 Å². The van der Waals surface area contributed by atoms with Gasteiger partial charge in [0.1, 0.15) is 0 Å². The number of rotatable bonds is 10. The maximum Gasteiger partial charge on any atom is 0.0431 e. The molecule has 0 heterocycles. The predicted octanol–water partition coefficient (Wildman–Crippen LogP) is 4.23. The molecule has 0 saturated carbocycles. The molecule has 1 N–H and O–H groups in total. The lowest BCUT2D eigenvalue weighted by atomic mass is 10.1. The summed E-state index contributed by atoms with van der Waals surface area (Å²) in [5, 5.41) is 8.59. The standard InChI is InChI=1S/C14H26O/c1-2-3-4-5-6-7-8-9-10-11-12-13-14-15/h4-7,15H,2-3,8-14H2,1H3. The molecule has 0 fully saturated rings. The topological polar surface area (TPSA) is 20.2 Å². The van der Waals surface area contributed by atoms with Crippen molar-refractivity contribution in [2.24, 2.45) is 0 Å². The Kier molecular flexibility index (Phi) is 12.9. The molecule has 1 nitrogen and oxygen atoms in total. The van der Waals surface area contributed by atoms with Crippen LogP contribution in [0.3, 0.4) is 0 Å². The molecule has 0 aliphatic heterocycles. The van der Waals surface area contributed by atoms with Crippen molar-refractivity contribution in [3.8, 4) is 0 Å². The summed E-state index contributed by atoms with van der Waals surface area (Å²) in [4.78, 5) is 0. The fourth-order valence-electron chi connectivity index (χ4n) is 1.42. The summed E-state index contributed by atoms with van der Waals surface area (Å²) in [6.07, 6.45) is 18.4. The first kappa shape index (κ1) is 14.4. The summed E-state index contributed by atoms with van der Waals surface area (Å²) in [7, 11) is 0. The highest BCUT2D eigenvalue weighted by Gasteiger charge is 1.87. The molecule has 1 heteroatoms. The van der Waals surface area contributed by atoms with Crippen molar-refractivity contribution >= 4 is 0 Å². The SMILES string of the molecule is CCCC=CC=CCCCCCCCO. The minimum absolute atomic E-state index is 0.349. The van der Waals surface area contributed by atoms with Crippen molar-refractivity contribution in [3.05, 3.63) is 24.3 Å². The number of aliphatic hydroxyl groups is 1. The second-order valence-electron chi connectivity index (χ2n) is 3.93. The van der Waals surface area contributed by atoms with Gasteiger partial charge in [-0.05, 0) is 25.7 Å². The Balaban J connectivity index is 3.09. The summed E-state index contributed by atoms with van der Waals surface area (Å²) >= 11 is 0. The van der Waals surface area contributed by atoms with Crippen LogP contribution in [0.1, 0.15) is 58.3 Å². The maximum atomic E-state index is 8.59. The second-order valence-corrected chi connectivity index (χ2v) is 3.93. The highest BCUT2D eigenvalue weighted by atomic mass is 16.2. The van der Waals surface area contributed by atoms with Gasteiger partial charge in [-0.25, -0.2) is 0 Å². The zero-order valence-corrected chi connectivity index (χ0v) is 10.1. The van der Waals surface area contributed by atoms with Gasteiger partial charge in [-0.15, -0.1) is 0 Å². The van der Waals surface area contributed by atoms with E-state index >= 15 is 0 Å². The number of unbranched alkanes of at least 4 members (excludes halogenated alkanes) is 6. The first-order chi connectivity index (χ1) is 7.41. The molecule has 0 saturated heterocycles. The van der Waals surface area contributed by atoms with Gasteiger partial charge in [0.15, 0.2) is 0 Å². The van der Waals surface area contributed by atoms with Crippen LogP contribution in [-0.4, -0.2) is 11.7 Å². The highest BCUT2D eigenvalue weighted by Crippen LogP contribution is 2.05. The fraction of sp³-hybridized carbons (Fsp3) is 0.714. The van der Waals surface area contributed by atoms with Crippen molar-refractivity contribution in [1.82, 2.24) is 0 Å². The third kappa shape index (κ3) is 13.4. The molecule has 0 aromatic rings. The van der Waals surface area contributed by atoms with Crippen LogP contribution >= 0.6 is 0 Å². The van der Waals surface area contributed by atoms with E-state index < -0.39 is 0 Å². The number of aliphatic hydroxyl groups excluding tert-OH is 1. The number of hydrogen-bond acceptors (Lipinski definition) is 1. The summed E-state index contributed by atoms with van der Waals surface area (Å²) in [5.74, 6) is 0. The Hall–Kier alpha value is -0.560. The maximum absolute atomic E-state index is 8.59. The molecular formula is C14H26O. The lowest BCUT2D eigenvalue weighted by molar-refractivity contribution is 0.282. The Bertz CT molecular complexity index is 159. The second kappa shape index (κ2) is 13.4. The molecule has 0 amide bonds. The van der Waals surface area contributed by atoms with E-state index in [1.165, 1.54) is 44.9 Å². The predicted molar refractivity (Wildman–Crippen MR) is 68.0 cm³/mol. The largest absolute Gasteiger partial charge is 0.396 e. The Morgan fingerprint density at radius 2 is 1.40 bits per heavy atom. The monoisotopic (exact) mass is 210 g/mol. The number of hydrogen-bond donors (Lipinski definition) is 1. The minimum Gasteiger partial charge on any atom is -0.396 e. The molecule has 0 rings (SSSR count). The van der Waals surface area contributed by atoms with Crippen LogP contribution in [0.4, 0.5) is 0 Å². The fourth-order valence-corrected chi connectivity index (χ4v) is 1.42. The van der Waals surface area contributed by atoms with Crippen molar-refractivity contribution in [2.75, 3.05) is 6.61 Å². The van der Waals surface area contributed by atoms with Crippen LogP contribution in [0.15, 0.2) is 24.3 Å². The van der Waals surface area contributed by atoms with Crippen LogP contribution in [0.2, 0.25) is 0 Å².